The van der Waals surface area contributed by atoms with Crippen molar-refractivity contribution in [1.82, 2.24) is 9.97 Å². The number of halogens is 1. The summed E-state index contributed by atoms with van der Waals surface area (Å²) in [7, 11) is 0. The number of carbonyl (C=O) groups excluding carboxylic acids is 1. The summed E-state index contributed by atoms with van der Waals surface area (Å²) in [5.74, 6) is 0.0331. The van der Waals surface area contributed by atoms with Crippen molar-refractivity contribution in [3.63, 3.8) is 0 Å². The van der Waals surface area contributed by atoms with Crippen LogP contribution >= 0.6 is 11.6 Å². The van der Waals surface area contributed by atoms with E-state index in [1.165, 1.54) is 19.3 Å². The fourth-order valence-corrected chi connectivity index (χ4v) is 1.83. The molecule has 0 saturated carbocycles. The minimum atomic E-state index is -0.531. The first-order valence-corrected chi connectivity index (χ1v) is 6.52. The number of benzene rings is 1. The molecule has 0 aliphatic rings. The fraction of sp³-hybridized carbons (Fsp3) is 0.214. The molecule has 0 bridgehead atoms. The molecule has 0 unspecified atom stereocenters. The molecule has 0 spiro atoms. The molecule has 1 heterocycles. The number of anilines is 1. The predicted molar refractivity (Wildman–Crippen MR) is 78.0 cm³/mol. The first kappa shape index (κ1) is 15.2. The van der Waals surface area contributed by atoms with Gasteiger partial charge in [-0.15, -0.1) is 0 Å². The van der Waals surface area contributed by atoms with Crippen LogP contribution < -0.4 is 9.80 Å². The summed E-state index contributed by atoms with van der Waals surface area (Å²) >= 11 is 6.09. The third-order valence-electron chi connectivity index (χ3n) is 2.78. The molecule has 1 N–H and O–H groups in total. The van der Waals surface area contributed by atoms with Gasteiger partial charge in [-0.1, -0.05) is 11.6 Å². The van der Waals surface area contributed by atoms with Crippen molar-refractivity contribution in [2.45, 2.75) is 20.8 Å². The van der Waals surface area contributed by atoms with Crippen LogP contribution in [0.1, 0.15) is 18.1 Å². The van der Waals surface area contributed by atoms with E-state index in [9.17, 15) is 10.0 Å². The van der Waals surface area contributed by atoms with Crippen LogP contribution in [0.4, 0.5) is 5.69 Å². The number of aryl methyl sites for hydroxylation is 2. The van der Waals surface area contributed by atoms with Gasteiger partial charge in [0, 0.05) is 11.9 Å². The Hall–Kier alpha value is -2.18. The van der Waals surface area contributed by atoms with E-state index in [0.717, 1.165) is 11.1 Å². The van der Waals surface area contributed by atoms with Gasteiger partial charge in [0.2, 0.25) is 5.91 Å². The molecule has 1 amide bonds. The maximum absolute atomic E-state index is 11.0. The lowest BCUT2D eigenvalue weighted by Gasteiger charge is -2.12. The Morgan fingerprint density at radius 1 is 1.24 bits per heavy atom. The lowest BCUT2D eigenvalue weighted by atomic mass is 10.1. The van der Waals surface area contributed by atoms with Gasteiger partial charge >= 0.3 is 6.01 Å². The number of nitrogens with zero attached hydrogens (tertiary/aromatic N) is 3. The average Bonchev–Trinajstić information content (AvgIpc) is 2.44. The molecule has 0 atom stereocenters. The normalized spacial score (nSPS) is 10.3. The Bertz CT molecular complexity index is 651. The van der Waals surface area contributed by atoms with Gasteiger partial charge in [-0.3, -0.25) is 10.0 Å². The van der Waals surface area contributed by atoms with Gasteiger partial charge in [0.1, 0.15) is 11.4 Å². The maximum atomic E-state index is 11.0. The number of rotatable bonds is 3. The highest BCUT2D eigenvalue weighted by atomic mass is 35.5. The molecular weight excluding hydrogens is 294 g/mol. The molecule has 6 nitrogen and oxygen atoms in total. The number of hydrogen-bond donors (Lipinski definition) is 1. The molecule has 110 valence electrons. The Labute approximate surface area is 126 Å². The number of ether oxygens (including phenoxy) is 1. The van der Waals surface area contributed by atoms with Gasteiger partial charge in [-0.05, 0) is 37.1 Å². The van der Waals surface area contributed by atoms with Crippen molar-refractivity contribution in [2.75, 3.05) is 5.06 Å². The molecule has 21 heavy (non-hydrogen) atoms. The van der Waals surface area contributed by atoms with Gasteiger partial charge in [-0.2, -0.15) is 5.06 Å². The molecule has 0 aliphatic carbocycles. The van der Waals surface area contributed by atoms with E-state index in [2.05, 4.69) is 9.97 Å². The summed E-state index contributed by atoms with van der Waals surface area (Å²) in [4.78, 5) is 18.9. The summed E-state index contributed by atoms with van der Waals surface area (Å²) in [6.07, 6.45) is 2.58. The maximum Gasteiger partial charge on any atom is 0.322 e. The van der Waals surface area contributed by atoms with Crippen LogP contribution in [0.25, 0.3) is 0 Å². The molecule has 7 heteroatoms. The van der Waals surface area contributed by atoms with Crippen molar-refractivity contribution in [3.05, 3.63) is 40.7 Å². The standard InChI is InChI=1S/C14H14ClN3O3/c1-8-4-12(5-9(2)13(8)15)21-14-16-6-11(7-17-14)18(20)10(3)19/h4-7,20H,1-3H3. The lowest BCUT2D eigenvalue weighted by Crippen LogP contribution is -2.23. The summed E-state index contributed by atoms with van der Waals surface area (Å²) < 4.78 is 5.52. The second-order valence-corrected chi connectivity index (χ2v) is 4.91. The summed E-state index contributed by atoms with van der Waals surface area (Å²) in [6, 6.07) is 3.66. The predicted octanol–water partition coefficient (Wildman–Crippen LogP) is 3.28. The van der Waals surface area contributed by atoms with Crippen molar-refractivity contribution >= 4 is 23.2 Å². The topological polar surface area (TPSA) is 75.6 Å². The number of carbonyl (C=O) groups is 1. The second kappa shape index (κ2) is 6.07. The highest BCUT2D eigenvalue weighted by Crippen LogP contribution is 2.28. The Morgan fingerprint density at radius 3 is 2.24 bits per heavy atom. The van der Waals surface area contributed by atoms with E-state index in [0.29, 0.717) is 15.8 Å². The Balaban J connectivity index is 2.19. The van der Waals surface area contributed by atoms with Gasteiger partial charge in [0.05, 0.1) is 12.4 Å². The summed E-state index contributed by atoms with van der Waals surface area (Å²) in [5, 5.41) is 10.6. The van der Waals surface area contributed by atoms with Gasteiger partial charge in [0.15, 0.2) is 0 Å². The molecule has 0 saturated heterocycles. The van der Waals surface area contributed by atoms with Crippen LogP contribution in [0.5, 0.6) is 11.8 Å². The SMILES string of the molecule is CC(=O)N(O)c1cnc(Oc2cc(C)c(Cl)c(C)c2)nc1. The summed E-state index contributed by atoms with van der Waals surface area (Å²) in [6.45, 7) is 4.98. The minimum absolute atomic E-state index is 0.108. The molecule has 0 fully saturated rings. The van der Waals surface area contributed by atoms with Crippen molar-refractivity contribution in [2.24, 2.45) is 0 Å². The second-order valence-electron chi connectivity index (χ2n) is 4.53. The van der Waals surface area contributed by atoms with Crippen LogP contribution in [0.15, 0.2) is 24.5 Å². The van der Waals surface area contributed by atoms with Crippen molar-refractivity contribution in [1.29, 1.82) is 0 Å². The molecule has 0 radical (unpaired) electrons. The van der Waals surface area contributed by atoms with Crippen LogP contribution in [-0.2, 0) is 4.79 Å². The number of amides is 1. The average molecular weight is 308 g/mol. The smallest absolute Gasteiger partial charge is 0.322 e. The summed E-state index contributed by atoms with van der Waals surface area (Å²) in [5.41, 5.74) is 1.95. The fourth-order valence-electron chi connectivity index (χ4n) is 1.72. The number of aromatic nitrogens is 2. The quantitative estimate of drug-likeness (QED) is 0.695. The number of hydrogen-bond acceptors (Lipinski definition) is 5. The van der Waals surface area contributed by atoms with Crippen LogP contribution in [0.3, 0.4) is 0 Å². The highest BCUT2D eigenvalue weighted by Gasteiger charge is 2.10. The Morgan fingerprint density at radius 2 is 1.76 bits per heavy atom. The molecule has 0 aliphatic heterocycles. The molecule has 2 aromatic rings. The lowest BCUT2D eigenvalue weighted by molar-refractivity contribution is -0.121. The largest absolute Gasteiger partial charge is 0.424 e. The third kappa shape index (κ3) is 3.48. The number of hydroxylamine groups is 1. The first-order chi connectivity index (χ1) is 9.88. The van der Waals surface area contributed by atoms with Gasteiger partial charge < -0.3 is 4.74 Å². The van der Waals surface area contributed by atoms with Crippen molar-refractivity contribution < 1.29 is 14.7 Å². The zero-order chi connectivity index (χ0) is 15.6. The molecule has 2 rings (SSSR count). The molecule has 1 aromatic heterocycles. The zero-order valence-corrected chi connectivity index (χ0v) is 12.5. The van der Waals surface area contributed by atoms with Crippen LogP contribution in [-0.4, -0.2) is 21.1 Å². The van der Waals surface area contributed by atoms with E-state index < -0.39 is 5.91 Å². The van der Waals surface area contributed by atoms with E-state index in [1.807, 2.05) is 13.8 Å². The van der Waals surface area contributed by atoms with Crippen LogP contribution in [0, 0.1) is 13.8 Å². The molecule has 1 aromatic carbocycles. The van der Waals surface area contributed by atoms with E-state index in [4.69, 9.17) is 16.3 Å². The van der Waals surface area contributed by atoms with Crippen molar-refractivity contribution in [3.8, 4) is 11.8 Å². The van der Waals surface area contributed by atoms with Gasteiger partial charge in [-0.25, -0.2) is 9.97 Å². The van der Waals surface area contributed by atoms with E-state index >= 15 is 0 Å². The van der Waals surface area contributed by atoms with Crippen LogP contribution in [0.2, 0.25) is 5.02 Å². The molecular formula is C14H14ClN3O3. The van der Waals surface area contributed by atoms with E-state index in [-0.39, 0.29) is 11.7 Å². The minimum Gasteiger partial charge on any atom is -0.424 e. The monoisotopic (exact) mass is 307 g/mol. The first-order valence-electron chi connectivity index (χ1n) is 6.14. The highest BCUT2D eigenvalue weighted by molar-refractivity contribution is 6.32. The third-order valence-corrected chi connectivity index (χ3v) is 3.37. The Kier molecular flexibility index (Phi) is 4.40. The van der Waals surface area contributed by atoms with Gasteiger partial charge in [0.25, 0.3) is 0 Å². The van der Waals surface area contributed by atoms with E-state index in [1.54, 1.807) is 12.1 Å². The zero-order valence-electron chi connectivity index (χ0n) is 11.8.